The van der Waals surface area contributed by atoms with Gasteiger partial charge in [-0.25, -0.2) is 0 Å². The van der Waals surface area contributed by atoms with Gasteiger partial charge in [0.15, 0.2) is 12.6 Å². The fourth-order valence-electron chi connectivity index (χ4n) is 9.71. The van der Waals surface area contributed by atoms with Gasteiger partial charge in [-0.05, 0) is 12.8 Å². The number of carbonyl (C=O) groups excluding carboxylic acids is 1. The summed E-state index contributed by atoms with van der Waals surface area (Å²) in [6.07, 6.45) is 26.7. The third-order valence-electron chi connectivity index (χ3n) is 14.3. The maximum atomic E-state index is 13.2. The molecule has 0 aromatic rings. The molecule has 9 N–H and O–H groups in total. The molecular weight excluding hydrogens is 871 g/mol. The van der Waals surface area contributed by atoms with Crippen LogP contribution in [0.3, 0.4) is 0 Å². The zero-order chi connectivity index (χ0) is 49.6. The van der Waals surface area contributed by atoms with E-state index >= 15 is 0 Å². The Morgan fingerprint density at radius 3 is 1.25 bits per heavy atom. The van der Waals surface area contributed by atoms with Gasteiger partial charge in [0.2, 0.25) is 5.91 Å². The summed E-state index contributed by atoms with van der Waals surface area (Å²) in [5, 5.41) is 87.1. The van der Waals surface area contributed by atoms with Crippen molar-refractivity contribution in [3.05, 3.63) is 0 Å². The average molecular weight is 976 g/mol. The smallest absolute Gasteiger partial charge is 0.220 e. The fraction of sp³-hybridized carbons (Fsp3) is 0.981. The summed E-state index contributed by atoms with van der Waals surface area (Å²) in [7, 11) is 0. The Labute approximate surface area is 413 Å². The Bertz CT molecular complexity index is 1150. The Kier molecular flexibility index (Phi) is 38.5. The van der Waals surface area contributed by atoms with Crippen molar-refractivity contribution >= 4 is 5.91 Å². The molecule has 12 atom stereocenters. The van der Waals surface area contributed by atoms with Gasteiger partial charge in [-0.3, -0.25) is 4.79 Å². The second kappa shape index (κ2) is 41.5. The lowest BCUT2D eigenvalue weighted by molar-refractivity contribution is -0.359. The molecule has 0 bridgehead atoms. The van der Waals surface area contributed by atoms with E-state index in [0.29, 0.717) is 12.8 Å². The highest BCUT2D eigenvalue weighted by atomic mass is 16.7. The zero-order valence-corrected chi connectivity index (χ0v) is 43.1. The van der Waals surface area contributed by atoms with Gasteiger partial charge in [0, 0.05) is 6.42 Å². The molecule has 0 radical (unpaired) electrons. The van der Waals surface area contributed by atoms with Gasteiger partial charge in [0.1, 0.15) is 48.8 Å². The predicted molar refractivity (Wildman–Crippen MR) is 268 cm³/mol. The van der Waals surface area contributed by atoms with Crippen LogP contribution in [0, 0.1) is 0 Å². The van der Waals surface area contributed by atoms with Crippen LogP contribution < -0.4 is 5.32 Å². The molecule has 0 aromatic heterocycles. The van der Waals surface area contributed by atoms with E-state index in [4.69, 9.17) is 18.9 Å². The standard InChI is InChI=1S/C54H105NO13/c1-3-5-7-9-11-13-15-17-19-21-22-24-26-28-30-32-34-36-38-46(59)55-42(43(58)37-35-33-31-29-27-25-23-20-18-16-14-12-10-8-6-4-2)41-65-53-51(64)49(62)52(45(40-57)67-53)68-54-50(63)48(61)47(60)44(39-56)66-54/h42-45,47-54,56-58,60-64H,3-41H2,1-2H3,(H,55,59)/t42-,43+,44+,45+,47-,48?,49?,50?,51?,52+,53+,54-/m0/s1. The molecule has 0 saturated carbocycles. The van der Waals surface area contributed by atoms with E-state index < -0.39 is 86.8 Å². The Morgan fingerprint density at radius 1 is 0.471 bits per heavy atom. The maximum Gasteiger partial charge on any atom is 0.220 e. The van der Waals surface area contributed by atoms with Gasteiger partial charge in [0.05, 0.1) is 32.0 Å². The first kappa shape index (κ1) is 63.1. The summed E-state index contributed by atoms with van der Waals surface area (Å²) >= 11 is 0. The van der Waals surface area contributed by atoms with Crippen LogP contribution in [0.4, 0.5) is 0 Å². The van der Waals surface area contributed by atoms with Crippen molar-refractivity contribution in [1.82, 2.24) is 5.32 Å². The molecule has 68 heavy (non-hydrogen) atoms. The SMILES string of the molecule is CCCCCCCCCCCCCCCCCCCCC(=O)N[C@@H](CO[C@@H]1O[C@H](CO)[C@@H](O[C@@H]2O[C@H](CO)[C@H](O)C(O)C2O)C(O)C1O)[C@H](O)CCCCCCCCCCCCCCCCCC. The molecule has 14 heteroatoms. The summed E-state index contributed by atoms with van der Waals surface area (Å²) in [6, 6.07) is -0.821. The Morgan fingerprint density at radius 2 is 0.838 bits per heavy atom. The average Bonchev–Trinajstić information content (AvgIpc) is 3.34. The largest absolute Gasteiger partial charge is 0.394 e. The number of ether oxygens (including phenoxy) is 4. The lowest BCUT2D eigenvalue weighted by Crippen LogP contribution is -2.65. The molecular formula is C54H105NO13. The molecule has 2 saturated heterocycles. The predicted octanol–water partition coefficient (Wildman–Crippen LogP) is 8.56. The number of unbranched alkanes of at least 4 members (excludes halogenated alkanes) is 32. The van der Waals surface area contributed by atoms with Crippen LogP contribution >= 0.6 is 0 Å². The molecule has 2 fully saturated rings. The number of hydrogen-bond donors (Lipinski definition) is 9. The van der Waals surface area contributed by atoms with Gasteiger partial charge in [-0.2, -0.15) is 0 Å². The highest BCUT2D eigenvalue weighted by molar-refractivity contribution is 5.76. The number of nitrogens with one attached hydrogen (secondary N) is 1. The van der Waals surface area contributed by atoms with Crippen LogP contribution in [0.2, 0.25) is 0 Å². The fourth-order valence-corrected chi connectivity index (χ4v) is 9.71. The summed E-state index contributed by atoms with van der Waals surface area (Å²) in [4.78, 5) is 13.2. The normalized spacial score (nSPS) is 26.3. The quantitative estimate of drug-likeness (QED) is 0.0261. The highest BCUT2D eigenvalue weighted by Crippen LogP contribution is 2.30. The second-order valence-corrected chi connectivity index (χ2v) is 20.4. The van der Waals surface area contributed by atoms with Crippen molar-refractivity contribution in [2.75, 3.05) is 19.8 Å². The first-order valence-corrected chi connectivity index (χ1v) is 28.3. The molecule has 0 aromatic carbocycles. The van der Waals surface area contributed by atoms with Crippen LogP contribution in [0.15, 0.2) is 0 Å². The molecule has 2 aliphatic heterocycles. The van der Waals surface area contributed by atoms with E-state index in [1.807, 2.05) is 0 Å². The molecule has 1 amide bonds. The van der Waals surface area contributed by atoms with Crippen LogP contribution in [0.5, 0.6) is 0 Å². The van der Waals surface area contributed by atoms with Crippen molar-refractivity contribution in [2.45, 2.75) is 319 Å². The molecule has 2 heterocycles. The van der Waals surface area contributed by atoms with Crippen LogP contribution in [0.25, 0.3) is 0 Å². The molecule has 0 spiro atoms. The third kappa shape index (κ3) is 27.7. The monoisotopic (exact) mass is 976 g/mol. The van der Waals surface area contributed by atoms with Gasteiger partial charge in [-0.1, -0.05) is 226 Å². The van der Waals surface area contributed by atoms with Crippen molar-refractivity contribution < 1.29 is 64.6 Å². The third-order valence-corrected chi connectivity index (χ3v) is 14.3. The number of rotatable bonds is 45. The van der Waals surface area contributed by atoms with Gasteiger partial charge < -0.3 is 65.1 Å². The van der Waals surface area contributed by atoms with Gasteiger partial charge in [-0.15, -0.1) is 0 Å². The van der Waals surface area contributed by atoms with Crippen LogP contribution in [0.1, 0.15) is 245 Å². The molecule has 0 aliphatic carbocycles. The van der Waals surface area contributed by atoms with Crippen molar-refractivity contribution in [1.29, 1.82) is 0 Å². The molecule has 404 valence electrons. The molecule has 14 nitrogen and oxygen atoms in total. The molecule has 2 aliphatic rings. The number of hydrogen-bond acceptors (Lipinski definition) is 13. The van der Waals surface area contributed by atoms with Crippen LogP contribution in [-0.2, 0) is 23.7 Å². The number of amides is 1. The van der Waals surface area contributed by atoms with Crippen molar-refractivity contribution in [3.63, 3.8) is 0 Å². The first-order chi connectivity index (χ1) is 33.1. The molecule has 2 rings (SSSR count). The number of carbonyl (C=O) groups is 1. The second-order valence-electron chi connectivity index (χ2n) is 20.4. The summed E-state index contributed by atoms with van der Waals surface area (Å²) in [5.41, 5.74) is 0. The summed E-state index contributed by atoms with van der Waals surface area (Å²) in [5.74, 6) is -0.201. The van der Waals surface area contributed by atoms with Gasteiger partial charge >= 0.3 is 0 Å². The topological polar surface area (TPSA) is 228 Å². The first-order valence-electron chi connectivity index (χ1n) is 28.3. The summed E-state index contributed by atoms with van der Waals surface area (Å²) in [6.45, 7) is 2.89. The van der Waals surface area contributed by atoms with E-state index in [1.54, 1.807) is 0 Å². The van der Waals surface area contributed by atoms with E-state index in [0.717, 1.165) is 51.4 Å². The number of aliphatic hydroxyl groups is 8. The Hall–Kier alpha value is -1.01. The highest BCUT2D eigenvalue weighted by Gasteiger charge is 2.51. The van der Waals surface area contributed by atoms with Gasteiger partial charge in [0.25, 0.3) is 0 Å². The maximum absolute atomic E-state index is 13.2. The summed E-state index contributed by atoms with van der Waals surface area (Å²) < 4.78 is 22.8. The zero-order valence-electron chi connectivity index (χ0n) is 43.1. The van der Waals surface area contributed by atoms with Crippen LogP contribution in [-0.4, -0.2) is 140 Å². The van der Waals surface area contributed by atoms with Crippen molar-refractivity contribution in [3.8, 4) is 0 Å². The van der Waals surface area contributed by atoms with E-state index in [9.17, 15) is 45.6 Å². The number of aliphatic hydroxyl groups excluding tert-OH is 8. The Balaban J connectivity index is 1.78. The minimum Gasteiger partial charge on any atom is -0.394 e. The lowest BCUT2D eigenvalue weighted by Gasteiger charge is -2.46. The van der Waals surface area contributed by atoms with E-state index in [1.165, 1.54) is 167 Å². The van der Waals surface area contributed by atoms with E-state index in [-0.39, 0.29) is 12.5 Å². The lowest BCUT2D eigenvalue weighted by atomic mass is 9.97. The minimum absolute atomic E-state index is 0.201. The minimum atomic E-state index is -1.78. The van der Waals surface area contributed by atoms with Crippen molar-refractivity contribution in [2.24, 2.45) is 0 Å². The molecule has 4 unspecified atom stereocenters. The van der Waals surface area contributed by atoms with E-state index in [2.05, 4.69) is 19.2 Å².